The Morgan fingerprint density at radius 2 is 1.90 bits per heavy atom. The standard InChI is InChI=1S/C19H31N/c1-15(2)20-14-19(18-10-5-4-6-11-18)13-17-9-7-8-16(3)12-17/h7-9,12,15,18-20H,4-6,10-11,13-14H2,1-3H3. The van der Waals surface area contributed by atoms with E-state index in [9.17, 15) is 0 Å². The zero-order chi connectivity index (χ0) is 14.4. The van der Waals surface area contributed by atoms with Gasteiger partial charge in [-0.3, -0.25) is 0 Å². The molecule has 1 heteroatoms. The van der Waals surface area contributed by atoms with E-state index >= 15 is 0 Å². The predicted octanol–water partition coefficient (Wildman–Crippen LogP) is 4.73. The van der Waals surface area contributed by atoms with Gasteiger partial charge in [-0.25, -0.2) is 0 Å². The largest absolute Gasteiger partial charge is 0.314 e. The van der Waals surface area contributed by atoms with Crippen LogP contribution in [0, 0.1) is 18.8 Å². The predicted molar refractivity (Wildman–Crippen MR) is 88.1 cm³/mol. The summed E-state index contributed by atoms with van der Waals surface area (Å²) in [4.78, 5) is 0. The molecule has 0 radical (unpaired) electrons. The lowest BCUT2D eigenvalue weighted by atomic mass is 9.77. The summed E-state index contributed by atoms with van der Waals surface area (Å²) < 4.78 is 0. The Balaban J connectivity index is 2.00. The fourth-order valence-corrected chi connectivity index (χ4v) is 3.54. The zero-order valence-electron chi connectivity index (χ0n) is 13.5. The minimum absolute atomic E-state index is 0.596. The van der Waals surface area contributed by atoms with Crippen molar-refractivity contribution in [2.24, 2.45) is 11.8 Å². The third-order valence-corrected chi connectivity index (χ3v) is 4.69. The number of rotatable bonds is 6. The van der Waals surface area contributed by atoms with Crippen molar-refractivity contribution in [2.45, 2.75) is 65.3 Å². The Bertz CT molecular complexity index is 391. The van der Waals surface area contributed by atoms with E-state index in [4.69, 9.17) is 0 Å². The first-order valence-electron chi connectivity index (χ1n) is 8.44. The summed E-state index contributed by atoms with van der Waals surface area (Å²) in [7, 11) is 0. The summed E-state index contributed by atoms with van der Waals surface area (Å²) in [5.74, 6) is 1.73. The number of hydrogen-bond acceptors (Lipinski definition) is 1. The van der Waals surface area contributed by atoms with Crippen LogP contribution in [-0.4, -0.2) is 12.6 Å². The number of hydrogen-bond donors (Lipinski definition) is 1. The lowest BCUT2D eigenvalue weighted by Crippen LogP contribution is -2.34. The van der Waals surface area contributed by atoms with E-state index in [1.54, 1.807) is 0 Å². The Hall–Kier alpha value is -0.820. The highest BCUT2D eigenvalue weighted by atomic mass is 14.9. The van der Waals surface area contributed by atoms with Crippen molar-refractivity contribution in [2.75, 3.05) is 6.54 Å². The molecule has 2 rings (SSSR count). The van der Waals surface area contributed by atoms with Gasteiger partial charge in [0, 0.05) is 6.04 Å². The Morgan fingerprint density at radius 3 is 2.55 bits per heavy atom. The Kier molecular flexibility index (Phi) is 6.09. The van der Waals surface area contributed by atoms with Crippen LogP contribution in [0.15, 0.2) is 24.3 Å². The van der Waals surface area contributed by atoms with Gasteiger partial charge in [0.25, 0.3) is 0 Å². The fraction of sp³-hybridized carbons (Fsp3) is 0.684. The maximum absolute atomic E-state index is 3.68. The van der Waals surface area contributed by atoms with Crippen LogP contribution in [0.3, 0.4) is 0 Å². The number of benzene rings is 1. The molecule has 112 valence electrons. The summed E-state index contributed by atoms with van der Waals surface area (Å²) >= 11 is 0. The molecule has 1 fully saturated rings. The topological polar surface area (TPSA) is 12.0 Å². The molecule has 1 aliphatic carbocycles. The van der Waals surface area contributed by atoms with Crippen LogP contribution in [0.4, 0.5) is 0 Å². The lowest BCUT2D eigenvalue weighted by molar-refractivity contribution is 0.236. The van der Waals surface area contributed by atoms with E-state index in [1.807, 2.05) is 0 Å². The van der Waals surface area contributed by atoms with E-state index in [-0.39, 0.29) is 0 Å². The molecule has 1 unspecified atom stereocenters. The Labute approximate surface area is 125 Å². The van der Waals surface area contributed by atoms with Crippen molar-refractivity contribution in [3.63, 3.8) is 0 Å². The molecular formula is C19H31N. The first kappa shape index (κ1) is 15.6. The van der Waals surface area contributed by atoms with Crippen LogP contribution < -0.4 is 5.32 Å². The molecule has 0 spiro atoms. The van der Waals surface area contributed by atoms with E-state index in [0.717, 1.165) is 11.8 Å². The smallest absolute Gasteiger partial charge is 0.00104 e. The van der Waals surface area contributed by atoms with Gasteiger partial charge in [0.05, 0.1) is 0 Å². The quantitative estimate of drug-likeness (QED) is 0.790. The molecule has 1 aromatic rings. The highest BCUT2D eigenvalue weighted by Crippen LogP contribution is 2.32. The highest BCUT2D eigenvalue weighted by Gasteiger charge is 2.23. The monoisotopic (exact) mass is 273 g/mol. The molecule has 1 aliphatic rings. The van der Waals surface area contributed by atoms with Gasteiger partial charge < -0.3 is 5.32 Å². The van der Waals surface area contributed by atoms with Gasteiger partial charge in [0.1, 0.15) is 0 Å². The van der Waals surface area contributed by atoms with Crippen molar-refractivity contribution in [1.29, 1.82) is 0 Å². The van der Waals surface area contributed by atoms with E-state index < -0.39 is 0 Å². The van der Waals surface area contributed by atoms with Crippen molar-refractivity contribution in [1.82, 2.24) is 5.32 Å². The highest BCUT2D eigenvalue weighted by molar-refractivity contribution is 5.22. The molecule has 0 aliphatic heterocycles. The van der Waals surface area contributed by atoms with Gasteiger partial charge in [-0.15, -0.1) is 0 Å². The van der Waals surface area contributed by atoms with Gasteiger partial charge >= 0.3 is 0 Å². The van der Waals surface area contributed by atoms with Gasteiger partial charge in [-0.2, -0.15) is 0 Å². The Morgan fingerprint density at radius 1 is 1.15 bits per heavy atom. The van der Waals surface area contributed by atoms with Crippen molar-refractivity contribution in [3.8, 4) is 0 Å². The molecule has 0 amide bonds. The second-order valence-electron chi connectivity index (χ2n) is 6.91. The van der Waals surface area contributed by atoms with Crippen molar-refractivity contribution in [3.05, 3.63) is 35.4 Å². The molecule has 0 heterocycles. The number of nitrogens with one attached hydrogen (secondary N) is 1. The molecule has 0 bridgehead atoms. The maximum Gasteiger partial charge on any atom is 0.00104 e. The van der Waals surface area contributed by atoms with Gasteiger partial charge in [-0.1, -0.05) is 75.8 Å². The first-order valence-corrected chi connectivity index (χ1v) is 8.44. The van der Waals surface area contributed by atoms with Crippen LogP contribution >= 0.6 is 0 Å². The summed E-state index contributed by atoms with van der Waals surface area (Å²) in [6.07, 6.45) is 8.46. The molecule has 1 atom stereocenters. The lowest BCUT2D eigenvalue weighted by Gasteiger charge is -2.31. The van der Waals surface area contributed by atoms with Crippen LogP contribution in [0.5, 0.6) is 0 Å². The normalized spacial score (nSPS) is 18.4. The van der Waals surface area contributed by atoms with E-state index in [1.165, 1.54) is 56.2 Å². The third-order valence-electron chi connectivity index (χ3n) is 4.69. The molecular weight excluding hydrogens is 242 g/mol. The summed E-state index contributed by atoms with van der Waals surface area (Å²) in [6, 6.07) is 9.67. The molecule has 1 nitrogen and oxygen atoms in total. The minimum Gasteiger partial charge on any atom is -0.314 e. The van der Waals surface area contributed by atoms with Crippen LogP contribution in [0.2, 0.25) is 0 Å². The van der Waals surface area contributed by atoms with Crippen LogP contribution in [0.25, 0.3) is 0 Å². The van der Waals surface area contributed by atoms with Crippen molar-refractivity contribution < 1.29 is 0 Å². The van der Waals surface area contributed by atoms with Gasteiger partial charge in [0.2, 0.25) is 0 Å². The molecule has 1 aromatic carbocycles. The molecule has 0 aromatic heterocycles. The second-order valence-corrected chi connectivity index (χ2v) is 6.91. The van der Waals surface area contributed by atoms with Crippen LogP contribution in [-0.2, 0) is 6.42 Å². The van der Waals surface area contributed by atoms with E-state index in [0.29, 0.717) is 6.04 Å². The summed E-state index contributed by atoms with van der Waals surface area (Å²) in [5.41, 5.74) is 2.91. The molecule has 1 N–H and O–H groups in total. The fourth-order valence-electron chi connectivity index (χ4n) is 3.54. The van der Waals surface area contributed by atoms with Crippen molar-refractivity contribution >= 4 is 0 Å². The number of aryl methyl sites for hydroxylation is 1. The van der Waals surface area contributed by atoms with Gasteiger partial charge in [0.15, 0.2) is 0 Å². The minimum atomic E-state index is 0.596. The summed E-state index contributed by atoms with van der Waals surface area (Å²) in [5, 5.41) is 3.68. The molecule has 0 saturated heterocycles. The van der Waals surface area contributed by atoms with Crippen LogP contribution in [0.1, 0.15) is 57.1 Å². The average Bonchev–Trinajstić information content (AvgIpc) is 2.44. The molecule has 1 saturated carbocycles. The zero-order valence-corrected chi connectivity index (χ0v) is 13.5. The van der Waals surface area contributed by atoms with Gasteiger partial charge in [-0.05, 0) is 37.3 Å². The van der Waals surface area contributed by atoms with E-state index in [2.05, 4.69) is 50.4 Å². The third kappa shape index (κ3) is 4.94. The molecule has 20 heavy (non-hydrogen) atoms. The summed E-state index contributed by atoms with van der Waals surface area (Å²) in [6.45, 7) is 7.89. The second kappa shape index (κ2) is 7.83. The SMILES string of the molecule is Cc1cccc(CC(CNC(C)C)C2CCCCC2)c1. The average molecular weight is 273 g/mol. The maximum atomic E-state index is 3.68. The first-order chi connectivity index (χ1) is 9.65.